The minimum Gasteiger partial charge on any atom is -0.290 e. The van der Waals surface area contributed by atoms with E-state index in [0.717, 1.165) is 23.3 Å². The highest BCUT2D eigenvalue weighted by Crippen LogP contribution is 3.08. The van der Waals surface area contributed by atoms with Gasteiger partial charge in [-0.15, -0.1) is 0 Å². The van der Waals surface area contributed by atoms with Crippen molar-refractivity contribution >= 4 is 0 Å². The highest BCUT2D eigenvalue weighted by molar-refractivity contribution is 5.68. The highest BCUT2D eigenvalue weighted by Gasteiger charge is 3.09. The minimum absolute atomic E-state index is 0.163. The molecule has 0 amide bonds. The van der Waals surface area contributed by atoms with Gasteiger partial charge in [0.1, 0.15) is 0 Å². The van der Waals surface area contributed by atoms with E-state index in [1.165, 1.54) is 5.56 Å². The van der Waals surface area contributed by atoms with Crippen molar-refractivity contribution in [1.29, 1.82) is 0 Å². The van der Waals surface area contributed by atoms with Crippen LogP contribution in [0.25, 0.3) is 0 Å². The average Bonchev–Trinajstić information content (AvgIpc) is 2.95. The second-order valence-electron chi connectivity index (χ2n) is 4.68. The summed E-state index contributed by atoms with van der Waals surface area (Å²) in [6.07, 6.45) is 0. The van der Waals surface area contributed by atoms with Crippen LogP contribution in [0.5, 0.6) is 0 Å². The highest BCUT2D eigenvalue weighted by atomic mass is 16.1. The molecule has 0 N–H and O–H groups in total. The third kappa shape index (κ3) is 0.515. The molecule has 64 valence electrons. The van der Waals surface area contributed by atoms with Gasteiger partial charge in [-0.1, -0.05) is 18.2 Å². The Labute approximate surface area is 76.4 Å². The number of hydrogen-bond donors (Lipinski definition) is 0. The summed E-state index contributed by atoms with van der Waals surface area (Å²) >= 11 is 0. The number of aryl methyl sites for hydroxylation is 1. The fourth-order valence-electron chi connectivity index (χ4n) is 2.92. The van der Waals surface area contributed by atoms with Crippen molar-refractivity contribution in [3.05, 3.63) is 45.6 Å². The van der Waals surface area contributed by atoms with Crippen molar-refractivity contribution < 1.29 is 0 Å². The maximum absolute atomic E-state index is 11.3. The molecular weight excluding hydrogens is 160 g/mol. The van der Waals surface area contributed by atoms with Gasteiger partial charge in [-0.05, 0) is 41.9 Å². The Hall–Kier alpha value is -1.11. The molecule has 0 radical (unpaired) electrons. The first kappa shape index (κ1) is 6.36. The molecule has 0 heterocycles. The van der Waals surface area contributed by atoms with Crippen molar-refractivity contribution in [3.63, 3.8) is 0 Å². The second-order valence-corrected chi connectivity index (χ2v) is 4.68. The molecule has 4 saturated carbocycles. The standard InChI is InChI=1S/C12H10O/c1-6-5-7(3-2-4-8(6)13)12-9-10(12)11(9)12/h2-5,9-11H,1H3. The Morgan fingerprint density at radius 1 is 1.23 bits per heavy atom. The molecule has 0 unspecified atom stereocenters. The lowest BCUT2D eigenvalue weighted by molar-refractivity contribution is 1.09. The number of hydrogen-bond acceptors (Lipinski definition) is 1. The van der Waals surface area contributed by atoms with Crippen molar-refractivity contribution in [3.8, 4) is 0 Å². The summed E-state index contributed by atoms with van der Waals surface area (Å²) in [5.41, 5.74) is 3.09. The van der Waals surface area contributed by atoms with Crippen molar-refractivity contribution in [2.75, 3.05) is 0 Å². The Morgan fingerprint density at radius 3 is 2.54 bits per heavy atom. The zero-order chi connectivity index (χ0) is 8.79. The van der Waals surface area contributed by atoms with E-state index in [1.54, 1.807) is 6.07 Å². The van der Waals surface area contributed by atoms with E-state index in [1.807, 2.05) is 13.0 Å². The molecule has 1 nitrogen and oxygen atoms in total. The molecule has 1 aromatic rings. The van der Waals surface area contributed by atoms with Crippen LogP contribution in [0.3, 0.4) is 0 Å². The molecular formula is C12H10O. The van der Waals surface area contributed by atoms with Gasteiger partial charge in [-0.2, -0.15) is 0 Å². The molecule has 0 bridgehead atoms. The lowest BCUT2D eigenvalue weighted by Gasteiger charge is -1.91. The van der Waals surface area contributed by atoms with Gasteiger partial charge < -0.3 is 0 Å². The summed E-state index contributed by atoms with van der Waals surface area (Å²) in [7, 11) is 0. The van der Waals surface area contributed by atoms with E-state index >= 15 is 0 Å². The van der Waals surface area contributed by atoms with Crippen LogP contribution in [-0.2, 0) is 5.41 Å². The molecule has 4 aliphatic carbocycles. The number of rotatable bonds is 1. The fraction of sp³-hybridized carbons (Fsp3) is 0.417. The van der Waals surface area contributed by atoms with Crippen LogP contribution in [0, 0.1) is 24.7 Å². The van der Waals surface area contributed by atoms with Gasteiger partial charge in [0.25, 0.3) is 0 Å². The van der Waals surface area contributed by atoms with Crippen molar-refractivity contribution in [2.45, 2.75) is 12.3 Å². The minimum atomic E-state index is 0.163. The van der Waals surface area contributed by atoms with E-state index in [4.69, 9.17) is 0 Å². The molecule has 4 aliphatic rings. The van der Waals surface area contributed by atoms with Gasteiger partial charge in [0.05, 0.1) is 0 Å². The van der Waals surface area contributed by atoms with Crippen LogP contribution in [0.15, 0.2) is 29.1 Å². The van der Waals surface area contributed by atoms with Crippen LogP contribution < -0.4 is 5.43 Å². The van der Waals surface area contributed by atoms with Gasteiger partial charge in [0.2, 0.25) is 0 Å². The van der Waals surface area contributed by atoms with Crippen LogP contribution in [0.1, 0.15) is 11.1 Å². The molecule has 0 atom stereocenters. The lowest BCUT2D eigenvalue weighted by atomic mass is 10.1. The molecule has 0 saturated heterocycles. The summed E-state index contributed by atoms with van der Waals surface area (Å²) in [4.78, 5) is 11.3. The van der Waals surface area contributed by atoms with Crippen LogP contribution in [-0.4, -0.2) is 0 Å². The maximum Gasteiger partial charge on any atom is 0.181 e. The predicted molar refractivity (Wildman–Crippen MR) is 49.6 cm³/mol. The summed E-state index contributed by atoms with van der Waals surface area (Å²) in [6, 6.07) is 7.81. The summed E-state index contributed by atoms with van der Waals surface area (Å²) in [6.45, 7) is 1.91. The van der Waals surface area contributed by atoms with Gasteiger partial charge >= 0.3 is 0 Å². The van der Waals surface area contributed by atoms with Crippen LogP contribution in [0.2, 0.25) is 0 Å². The van der Waals surface area contributed by atoms with E-state index in [0.29, 0.717) is 5.41 Å². The smallest absolute Gasteiger partial charge is 0.181 e. The first-order valence-electron chi connectivity index (χ1n) is 4.89. The maximum atomic E-state index is 11.3. The topological polar surface area (TPSA) is 17.1 Å². The molecule has 0 spiro atoms. The van der Waals surface area contributed by atoms with Gasteiger partial charge in [-0.3, -0.25) is 4.79 Å². The van der Waals surface area contributed by atoms with Gasteiger partial charge in [0.15, 0.2) is 5.43 Å². The Kier molecular flexibility index (Phi) is 0.721. The molecule has 0 aliphatic heterocycles. The van der Waals surface area contributed by atoms with Crippen LogP contribution >= 0.6 is 0 Å². The third-order valence-corrected chi connectivity index (χ3v) is 4.13. The van der Waals surface area contributed by atoms with Crippen LogP contribution in [0.4, 0.5) is 0 Å². The quantitative estimate of drug-likeness (QED) is 0.624. The summed E-state index contributed by atoms with van der Waals surface area (Å²) in [5.74, 6) is 3.10. The van der Waals surface area contributed by atoms with Gasteiger partial charge in [0, 0.05) is 5.41 Å². The normalized spacial score (nSPS) is 46.7. The zero-order valence-electron chi connectivity index (χ0n) is 7.45. The lowest BCUT2D eigenvalue weighted by Crippen LogP contribution is -1.97. The largest absolute Gasteiger partial charge is 0.290 e. The van der Waals surface area contributed by atoms with E-state index in [2.05, 4.69) is 12.1 Å². The fourth-order valence-corrected chi connectivity index (χ4v) is 2.92. The summed E-state index contributed by atoms with van der Waals surface area (Å²) in [5, 5.41) is 0. The molecule has 0 aromatic heterocycles. The first-order chi connectivity index (χ1) is 6.28. The molecule has 1 heteroatoms. The molecule has 13 heavy (non-hydrogen) atoms. The van der Waals surface area contributed by atoms with Gasteiger partial charge in [-0.25, -0.2) is 0 Å². The van der Waals surface area contributed by atoms with E-state index in [-0.39, 0.29) is 5.43 Å². The Balaban J connectivity index is 1.96. The monoisotopic (exact) mass is 170 g/mol. The third-order valence-electron chi connectivity index (χ3n) is 4.13. The SMILES string of the molecule is Cc1cc(C23C4C2C43)cccc1=O. The Morgan fingerprint density at radius 2 is 1.92 bits per heavy atom. The molecule has 1 aromatic carbocycles. The van der Waals surface area contributed by atoms with Crippen molar-refractivity contribution in [2.24, 2.45) is 17.8 Å². The molecule has 5 rings (SSSR count). The van der Waals surface area contributed by atoms with E-state index in [9.17, 15) is 4.79 Å². The van der Waals surface area contributed by atoms with E-state index < -0.39 is 0 Å². The Bertz CT molecular complexity index is 461. The second kappa shape index (κ2) is 1.47. The first-order valence-corrected chi connectivity index (χ1v) is 4.89. The molecule has 4 fully saturated rings. The predicted octanol–water partition coefficient (Wildman–Crippen LogP) is 1.48. The van der Waals surface area contributed by atoms with Crippen molar-refractivity contribution in [1.82, 2.24) is 0 Å². The average molecular weight is 170 g/mol. The summed E-state index contributed by atoms with van der Waals surface area (Å²) < 4.78 is 0. The zero-order valence-corrected chi connectivity index (χ0v) is 7.45.